The first-order chi connectivity index (χ1) is 13.0. The van der Waals surface area contributed by atoms with E-state index in [-0.39, 0.29) is 18.4 Å². The molecule has 2 aromatic heterocycles. The molecule has 0 bridgehead atoms. The number of aryl methyl sites for hydroxylation is 2. The highest BCUT2D eigenvalue weighted by Gasteiger charge is 2.30. The third kappa shape index (κ3) is 3.52. The maximum absolute atomic E-state index is 13.1. The van der Waals surface area contributed by atoms with Crippen LogP contribution in [0.5, 0.6) is 0 Å². The summed E-state index contributed by atoms with van der Waals surface area (Å²) in [5.74, 6) is 0.734. The van der Waals surface area contributed by atoms with E-state index < -0.39 is 5.63 Å². The molecule has 1 aliphatic rings. The Morgan fingerprint density at radius 1 is 1.22 bits per heavy atom. The summed E-state index contributed by atoms with van der Waals surface area (Å²) in [6, 6.07) is 8.94. The Morgan fingerprint density at radius 2 is 2.07 bits per heavy atom. The quantitative estimate of drug-likeness (QED) is 0.661. The smallest absolute Gasteiger partial charge is 0.336 e. The van der Waals surface area contributed by atoms with Crippen molar-refractivity contribution in [2.75, 3.05) is 6.54 Å². The van der Waals surface area contributed by atoms with Gasteiger partial charge in [0.2, 0.25) is 5.91 Å². The normalized spacial score (nSPS) is 17.4. The van der Waals surface area contributed by atoms with Crippen molar-refractivity contribution >= 4 is 16.9 Å². The minimum atomic E-state index is -0.432. The standard InChI is InChI=1S/C21H22N2O4/c1-13-6-7-16-15(12-21(25)26-19(16)9-13)11-20(24)23-8-4-3-5-18(23)17-10-14(2)27-22-17/h6-7,9-10,12,18H,3-5,8,11H2,1-2H3. The molecule has 1 fully saturated rings. The monoisotopic (exact) mass is 366 g/mol. The summed E-state index contributed by atoms with van der Waals surface area (Å²) in [6.07, 6.45) is 3.06. The summed E-state index contributed by atoms with van der Waals surface area (Å²) in [4.78, 5) is 26.9. The number of piperidine rings is 1. The average Bonchev–Trinajstić information content (AvgIpc) is 3.07. The van der Waals surface area contributed by atoms with Crippen molar-refractivity contribution in [2.45, 2.75) is 45.6 Å². The van der Waals surface area contributed by atoms with E-state index in [9.17, 15) is 9.59 Å². The second-order valence-corrected chi connectivity index (χ2v) is 7.23. The SMILES string of the molecule is Cc1ccc2c(CC(=O)N3CCCCC3c3cc(C)on3)cc(=O)oc2c1. The molecule has 1 amide bonds. The molecule has 3 aromatic rings. The number of aromatic nitrogens is 1. The van der Waals surface area contributed by atoms with Crippen LogP contribution in [-0.4, -0.2) is 22.5 Å². The molecule has 0 saturated carbocycles. The first-order valence-corrected chi connectivity index (χ1v) is 9.27. The number of amides is 1. The topological polar surface area (TPSA) is 76.6 Å². The molecule has 27 heavy (non-hydrogen) atoms. The summed E-state index contributed by atoms with van der Waals surface area (Å²) < 4.78 is 10.5. The Hall–Kier alpha value is -2.89. The molecule has 4 rings (SSSR count). The Bertz CT molecular complexity index is 1050. The molecular weight excluding hydrogens is 344 g/mol. The minimum Gasteiger partial charge on any atom is -0.423 e. The van der Waals surface area contributed by atoms with Gasteiger partial charge in [0.1, 0.15) is 17.0 Å². The Labute approximate surface area is 156 Å². The van der Waals surface area contributed by atoms with E-state index in [0.717, 1.165) is 41.7 Å². The van der Waals surface area contributed by atoms with Gasteiger partial charge < -0.3 is 13.8 Å². The van der Waals surface area contributed by atoms with Crippen LogP contribution in [-0.2, 0) is 11.2 Å². The lowest BCUT2D eigenvalue weighted by Gasteiger charge is -2.34. The summed E-state index contributed by atoms with van der Waals surface area (Å²) in [7, 11) is 0. The van der Waals surface area contributed by atoms with Crippen LogP contribution < -0.4 is 5.63 Å². The highest BCUT2D eigenvalue weighted by molar-refractivity contribution is 5.87. The second-order valence-electron chi connectivity index (χ2n) is 7.23. The van der Waals surface area contributed by atoms with Crippen LogP contribution in [0.2, 0.25) is 0 Å². The molecule has 0 N–H and O–H groups in total. The van der Waals surface area contributed by atoms with Gasteiger partial charge in [0.25, 0.3) is 0 Å². The zero-order valence-electron chi connectivity index (χ0n) is 15.5. The maximum atomic E-state index is 13.1. The molecule has 140 valence electrons. The largest absolute Gasteiger partial charge is 0.423 e. The molecule has 6 heteroatoms. The third-order valence-electron chi connectivity index (χ3n) is 5.14. The van der Waals surface area contributed by atoms with Gasteiger partial charge in [-0.1, -0.05) is 17.3 Å². The fourth-order valence-corrected chi connectivity index (χ4v) is 3.83. The van der Waals surface area contributed by atoms with E-state index >= 15 is 0 Å². The Balaban J connectivity index is 1.65. The highest BCUT2D eigenvalue weighted by Crippen LogP contribution is 2.31. The molecule has 1 atom stereocenters. The number of fused-ring (bicyclic) bond motifs is 1. The van der Waals surface area contributed by atoms with E-state index in [4.69, 9.17) is 8.94 Å². The van der Waals surface area contributed by atoms with Gasteiger partial charge in [-0.05, 0) is 50.3 Å². The molecule has 3 heterocycles. The summed E-state index contributed by atoms with van der Waals surface area (Å²) in [5.41, 5.74) is 2.60. The van der Waals surface area contributed by atoms with Crippen molar-refractivity contribution < 1.29 is 13.7 Å². The highest BCUT2D eigenvalue weighted by atomic mass is 16.5. The summed E-state index contributed by atoms with van der Waals surface area (Å²) >= 11 is 0. The second kappa shape index (κ2) is 7.02. The number of nitrogens with zero attached hydrogens (tertiary/aromatic N) is 2. The van der Waals surface area contributed by atoms with Gasteiger partial charge in [-0.25, -0.2) is 4.79 Å². The number of rotatable bonds is 3. The van der Waals surface area contributed by atoms with Crippen LogP contribution in [0, 0.1) is 13.8 Å². The number of likely N-dealkylation sites (tertiary alicyclic amines) is 1. The first-order valence-electron chi connectivity index (χ1n) is 9.27. The summed E-state index contributed by atoms with van der Waals surface area (Å²) in [6.45, 7) is 4.48. The van der Waals surface area contributed by atoms with E-state index in [1.165, 1.54) is 6.07 Å². The van der Waals surface area contributed by atoms with Crippen molar-refractivity contribution in [1.29, 1.82) is 0 Å². The number of hydrogen-bond donors (Lipinski definition) is 0. The first kappa shape index (κ1) is 17.5. The van der Waals surface area contributed by atoms with Crippen LogP contribution in [0.1, 0.15) is 47.9 Å². The molecule has 1 aromatic carbocycles. The number of carbonyl (C=O) groups is 1. The van der Waals surface area contributed by atoms with Crippen molar-refractivity contribution in [2.24, 2.45) is 0 Å². The van der Waals surface area contributed by atoms with Gasteiger partial charge in [-0.3, -0.25) is 4.79 Å². The lowest BCUT2D eigenvalue weighted by atomic mass is 9.97. The zero-order chi connectivity index (χ0) is 19.0. The van der Waals surface area contributed by atoms with Crippen LogP contribution in [0.25, 0.3) is 11.0 Å². The van der Waals surface area contributed by atoms with Crippen molar-refractivity contribution in [1.82, 2.24) is 10.1 Å². The van der Waals surface area contributed by atoms with Crippen LogP contribution in [0.3, 0.4) is 0 Å². The van der Waals surface area contributed by atoms with Crippen LogP contribution >= 0.6 is 0 Å². The van der Waals surface area contributed by atoms with Gasteiger partial charge in [-0.2, -0.15) is 0 Å². The Kier molecular flexibility index (Phi) is 4.56. The predicted octanol–water partition coefficient (Wildman–Crippen LogP) is 3.69. The predicted molar refractivity (Wildman–Crippen MR) is 100 cm³/mol. The lowest BCUT2D eigenvalue weighted by molar-refractivity contribution is -0.134. The minimum absolute atomic E-state index is 0.00664. The van der Waals surface area contributed by atoms with Crippen LogP contribution in [0.4, 0.5) is 0 Å². The van der Waals surface area contributed by atoms with Crippen molar-refractivity contribution in [3.05, 3.63) is 63.3 Å². The number of benzene rings is 1. The van der Waals surface area contributed by atoms with Gasteiger partial charge in [0, 0.05) is 24.1 Å². The van der Waals surface area contributed by atoms with Gasteiger partial charge in [0.15, 0.2) is 0 Å². The van der Waals surface area contributed by atoms with Gasteiger partial charge in [0.05, 0.1) is 12.5 Å². The Morgan fingerprint density at radius 3 is 2.85 bits per heavy atom. The molecule has 6 nitrogen and oxygen atoms in total. The fraction of sp³-hybridized carbons (Fsp3) is 0.381. The molecule has 1 saturated heterocycles. The van der Waals surface area contributed by atoms with E-state index in [1.807, 2.05) is 43.0 Å². The molecule has 0 aliphatic carbocycles. The fourth-order valence-electron chi connectivity index (χ4n) is 3.83. The maximum Gasteiger partial charge on any atom is 0.336 e. The third-order valence-corrected chi connectivity index (χ3v) is 5.14. The average molecular weight is 366 g/mol. The van der Waals surface area contributed by atoms with E-state index in [0.29, 0.717) is 17.7 Å². The van der Waals surface area contributed by atoms with E-state index in [1.54, 1.807) is 0 Å². The zero-order valence-corrected chi connectivity index (χ0v) is 15.5. The molecule has 1 unspecified atom stereocenters. The molecule has 1 aliphatic heterocycles. The van der Waals surface area contributed by atoms with Gasteiger partial charge >= 0.3 is 5.63 Å². The van der Waals surface area contributed by atoms with Crippen LogP contribution in [0.15, 0.2) is 44.1 Å². The van der Waals surface area contributed by atoms with Crippen molar-refractivity contribution in [3.63, 3.8) is 0 Å². The number of hydrogen-bond acceptors (Lipinski definition) is 5. The summed E-state index contributed by atoms with van der Waals surface area (Å²) in [5, 5.41) is 4.92. The lowest BCUT2D eigenvalue weighted by Crippen LogP contribution is -2.39. The number of carbonyl (C=O) groups excluding carboxylic acids is 1. The molecular formula is C21H22N2O4. The van der Waals surface area contributed by atoms with Crippen molar-refractivity contribution in [3.8, 4) is 0 Å². The molecule has 0 spiro atoms. The van der Waals surface area contributed by atoms with Gasteiger partial charge in [-0.15, -0.1) is 0 Å². The van der Waals surface area contributed by atoms with E-state index in [2.05, 4.69) is 5.16 Å². The molecule has 0 radical (unpaired) electrons.